The van der Waals surface area contributed by atoms with E-state index in [1.165, 1.54) is 0 Å². The maximum atomic E-state index is 12.2. The van der Waals surface area contributed by atoms with Crippen LogP contribution in [0.2, 0.25) is 0 Å². The number of amides is 2. The Balaban J connectivity index is 1.79. The predicted molar refractivity (Wildman–Crippen MR) is 112 cm³/mol. The summed E-state index contributed by atoms with van der Waals surface area (Å²) >= 11 is 0. The van der Waals surface area contributed by atoms with Gasteiger partial charge in [0.25, 0.3) is 5.91 Å². The van der Waals surface area contributed by atoms with E-state index in [9.17, 15) is 14.4 Å². The lowest BCUT2D eigenvalue weighted by Crippen LogP contribution is -2.47. The second kappa shape index (κ2) is 9.87. The number of hydrogen-bond donors (Lipinski definition) is 2. The van der Waals surface area contributed by atoms with E-state index in [0.29, 0.717) is 11.3 Å². The molecule has 6 heteroatoms. The third kappa shape index (κ3) is 6.17. The van der Waals surface area contributed by atoms with Gasteiger partial charge in [0.1, 0.15) is 5.75 Å². The topological polar surface area (TPSA) is 84.5 Å². The number of Topliss-reactive ketones (excluding diaryl/α,β-unsaturated/α-hetero) is 1. The molecule has 1 atom stereocenters. The molecule has 0 saturated heterocycles. The van der Waals surface area contributed by atoms with E-state index < -0.39 is 17.9 Å². The fourth-order valence-corrected chi connectivity index (χ4v) is 2.68. The molecule has 0 radical (unpaired) electrons. The van der Waals surface area contributed by atoms with Crippen LogP contribution < -0.4 is 15.6 Å². The van der Waals surface area contributed by atoms with Gasteiger partial charge in [0.05, 0.1) is 0 Å². The van der Waals surface area contributed by atoms with Gasteiger partial charge in [-0.3, -0.25) is 25.2 Å². The van der Waals surface area contributed by atoms with Crippen LogP contribution in [-0.2, 0) is 9.59 Å². The molecule has 154 valence electrons. The number of benzene rings is 2. The zero-order chi connectivity index (χ0) is 21.6. The number of aryl methyl sites for hydroxylation is 3. The summed E-state index contributed by atoms with van der Waals surface area (Å²) in [5.74, 6) is -0.395. The van der Waals surface area contributed by atoms with E-state index in [4.69, 9.17) is 4.74 Å². The Bertz CT molecular complexity index is 921. The van der Waals surface area contributed by atoms with Crippen molar-refractivity contribution in [3.63, 3.8) is 0 Å². The van der Waals surface area contributed by atoms with Crippen molar-refractivity contribution in [2.75, 3.05) is 0 Å². The number of rotatable bonds is 7. The van der Waals surface area contributed by atoms with E-state index in [2.05, 4.69) is 10.9 Å². The van der Waals surface area contributed by atoms with Crippen LogP contribution in [0.5, 0.6) is 5.75 Å². The first-order chi connectivity index (χ1) is 13.7. The molecule has 29 heavy (non-hydrogen) atoms. The molecule has 2 aromatic carbocycles. The Morgan fingerprint density at radius 3 is 2.31 bits per heavy atom. The predicted octanol–water partition coefficient (Wildman–Crippen LogP) is 3.50. The lowest BCUT2D eigenvalue weighted by atomic mass is 10.0. The summed E-state index contributed by atoms with van der Waals surface area (Å²) in [4.78, 5) is 36.4. The van der Waals surface area contributed by atoms with Crippen LogP contribution >= 0.6 is 0 Å². The smallest absolute Gasteiger partial charge is 0.279 e. The van der Waals surface area contributed by atoms with Crippen molar-refractivity contribution < 1.29 is 19.1 Å². The average molecular weight is 396 g/mol. The van der Waals surface area contributed by atoms with Gasteiger partial charge in [0.15, 0.2) is 11.9 Å². The highest BCUT2D eigenvalue weighted by molar-refractivity contribution is 5.98. The molecular weight excluding hydrogens is 368 g/mol. The molecule has 0 aromatic heterocycles. The van der Waals surface area contributed by atoms with Gasteiger partial charge in [-0.15, -0.1) is 0 Å². The maximum absolute atomic E-state index is 12.2. The van der Waals surface area contributed by atoms with Crippen molar-refractivity contribution >= 4 is 17.6 Å². The van der Waals surface area contributed by atoms with Crippen molar-refractivity contribution in [3.8, 4) is 5.75 Å². The standard InChI is InChI=1S/C23H28N2O4/c1-14-9-10-19(13-16(14)3)20(26)11-12-22(27)24-25-23(28)18(5)29-21-8-6-7-15(2)17(21)4/h6-10,13,18H,11-12H2,1-5H3,(H,24,27)(H,25,28)/t18-/m1/s1. The van der Waals surface area contributed by atoms with Crippen LogP contribution in [-0.4, -0.2) is 23.7 Å². The molecule has 0 bridgehead atoms. The van der Waals surface area contributed by atoms with Gasteiger partial charge < -0.3 is 4.74 Å². The lowest BCUT2D eigenvalue weighted by Gasteiger charge is -2.17. The minimum atomic E-state index is -0.784. The second-order valence-corrected chi connectivity index (χ2v) is 7.22. The second-order valence-electron chi connectivity index (χ2n) is 7.22. The molecule has 2 aromatic rings. The summed E-state index contributed by atoms with van der Waals surface area (Å²) in [6.07, 6.45) is -0.732. The van der Waals surface area contributed by atoms with E-state index in [-0.39, 0.29) is 18.6 Å². The van der Waals surface area contributed by atoms with Crippen LogP contribution in [0.25, 0.3) is 0 Å². The van der Waals surface area contributed by atoms with Crippen LogP contribution in [0.1, 0.15) is 52.4 Å². The molecule has 0 aliphatic rings. The van der Waals surface area contributed by atoms with Crippen molar-refractivity contribution in [3.05, 3.63) is 64.2 Å². The van der Waals surface area contributed by atoms with Crippen molar-refractivity contribution in [1.29, 1.82) is 0 Å². The Morgan fingerprint density at radius 1 is 0.897 bits per heavy atom. The average Bonchev–Trinajstić information content (AvgIpc) is 2.69. The van der Waals surface area contributed by atoms with E-state index in [1.54, 1.807) is 19.1 Å². The summed E-state index contributed by atoms with van der Waals surface area (Å²) in [6, 6.07) is 11.1. The molecule has 6 nitrogen and oxygen atoms in total. The van der Waals surface area contributed by atoms with Gasteiger partial charge in [0.2, 0.25) is 5.91 Å². The van der Waals surface area contributed by atoms with Crippen molar-refractivity contribution in [2.24, 2.45) is 0 Å². The highest BCUT2D eigenvalue weighted by Crippen LogP contribution is 2.21. The number of ether oxygens (including phenoxy) is 1. The largest absolute Gasteiger partial charge is 0.481 e. The minimum Gasteiger partial charge on any atom is -0.481 e. The highest BCUT2D eigenvalue weighted by atomic mass is 16.5. The van der Waals surface area contributed by atoms with Gasteiger partial charge in [0, 0.05) is 18.4 Å². The van der Waals surface area contributed by atoms with E-state index in [0.717, 1.165) is 22.3 Å². The molecule has 2 amide bonds. The normalized spacial score (nSPS) is 11.5. The number of ketones is 1. The summed E-state index contributed by atoms with van der Waals surface area (Å²) in [7, 11) is 0. The summed E-state index contributed by atoms with van der Waals surface area (Å²) < 4.78 is 5.68. The Hall–Kier alpha value is -3.15. The molecule has 2 N–H and O–H groups in total. The number of carbonyl (C=O) groups excluding carboxylic acids is 3. The van der Waals surface area contributed by atoms with Gasteiger partial charge in [-0.25, -0.2) is 0 Å². The molecule has 0 aliphatic heterocycles. The first-order valence-electron chi connectivity index (χ1n) is 9.61. The minimum absolute atomic E-state index is 0.0156. The molecule has 0 aliphatic carbocycles. The highest BCUT2D eigenvalue weighted by Gasteiger charge is 2.17. The number of nitrogens with one attached hydrogen (secondary N) is 2. The molecule has 0 heterocycles. The Labute approximate surface area is 171 Å². The molecule has 2 rings (SSSR count). The van der Waals surface area contributed by atoms with Crippen LogP contribution in [0.3, 0.4) is 0 Å². The monoisotopic (exact) mass is 396 g/mol. The van der Waals surface area contributed by atoms with Crippen LogP contribution in [0.15, 0.2) is 36.4 Å². The third-order valence-electron chi connectivity index (χ3n) is 4.96. The third-order valence-corrected chi connectivity index (χ3v) is 4.96. The van der Waals surface area contributed by atoms with Gasteiger partial charge in [-0.05, 0) is 69.0 Å². The first kappa shape index (κ1) is 22.1. The summed E-state index contributed by atoms with van der Waals surface area (Å²) in [6.45, 7) is 9.41. The lowest BCUT2D eigenvalue weighted by molar-refractivity contribution is -0.132. The zero-order valence-corrected chi connectivity index (χ0v) is 17.6. The van der Waals surface area contributed by atoms with Crippen molar-refractivity contribution in [2.45, 2.75) is 53.6 Å². The number of carbonyl (C=O) groups is 3. The van der Waals surface area contributed by atoms with Crippen molar-refractivity contribution in [1.82, 2.24) is 10.9 Å². The Morgan fingerprint density at radius 2 is 1.62 bits per heavy atom. The zero-order valence-electron chi connectivity index (χ0n) is 17.6. The SMILES string of the molecule is Cc1ccc(C(=O)CCC(=O)NNC(=O)[C@@H](C)Oc2cccc(C)c2C)cc1C. The number of hydrogen-bond acceptors (Lipinski definition) is 4. The summed E-state index contributed by atoms with van der Waals surface area (Å²) in [5.41, 5.74) is 9.43. The van der Waals surface area contributed by atoms with Crippen LogP contribution in [0.4, 0.5) is 0 Å². The molecule has 0 spiro atoms. The van der Waals surface area contributed by atoms with Gasteiger partial charge in [-0.2, -0.15) is 0 Å². The molecule has 0 fully saturated rings. The van der Waals surface area contributed by atoms with E-state index in [1.807, 2.05) is 52.0 Å². The van der Waals surface area contributed by atoms with E-state index >= 15 is 0 Å². The maximum Gasteiger partial charge on any atom is 0.279 e. The molecular formula is C23H28N2O4. The summed E-state index contributed by atoms with van der Waals surface area (Å²) in [5, 5.41) is 0. The molecule has 0 unspecified atom stereocenters. The Kier molecular flexibility index (Phi) is 7.53. The fourth-order valence-electron chi connectivity index (χ4n) is 2.68. The van der Waals surface area contributed by atoms with Gasteiger partial charge in [-0.1, -0.05) is 24.3 Å². The quantitative estimate of drug-likeness (QED) is 0.554. The first-order valence-corrected chi connectivity index (χ1v) is 9.61. The molecule has 0 saturated carbocycles. The van der Waals surface area contributed by atoms with Gasteiger partial charge >= 0.3 is 0 Å². The van der Waals surface area contributed by atoms with Crippen LogP contribution in [0, 0.1) is 27.7 Å². The number of hydrazine groups is 1. The fraction of sp³-hybridized carbons (Fsp3) is 0.348.